The van der Waals surface area contributed by atoms with Gasteiger partial charge in [0.25, 0.3) is 0 Å². The van der Waals surface area contributed by atoms with Gasteiger partial charge in [-0.05, 0) is 31.5 Å². The molecule has 1 atom stereocenters. The Labute approximate surface area is 89.1 Å². The van der Waals surface area contributed by atoms with E-state index >= 15 is 0 Å². The lowest BCUT2D eigenvalue weighted by Gasteiger charge is -2.15. The molecule has 0 saturated heterocycles. The molecule has 0 bridgehead atoms. The molecule has 0 aliphatic rings. The molecule has 0 radical (unpaired) electrons. The van der Waals surface area contributed by atoms with Crippen molar-refractivity contribution in [1.29, 1.82) is 0 Å². The van der Waals surface area contributed by atoms with Crippen molar-refractivity contribution in [3.63, 3.8) is 0 Å². The Kier molecular flexibility index (Phi) is 3.55. The first kappa shape index (κ1) is 11.4. The summed E-state index contributed by atoms with van der Waals surface area (Å²) in [6, 6.07) is 5.03. The normalized spacial score (nSPS) is 12.1. The van der Waals surface area contributed by atoms with E-state index in [-0.39, 0.29) is 5.56 Å². The third-order valence-electron chi connectivity index (χ3n) is 2.31. The maximum Gasteiger partial charge on any atom is 0.335 e. The highest BCUT2D eigenvalue weighted by Gasteiger charge is 2.07. The van der Waals surface area contributed by atoms with Crippen molar-refractivity contribution in [3.8, 4) is 0 Å². The number of carboxylic acids is 1. The van der Waals surface area contributed by atoms with E-state index < -0.39 is 5.97 Å². The van der Waals surface area contributed by atoms with Gasteiger partial charge in [-0.25, -0.2) is 4.79 Å². The Morgan fingerprint density at radius 2 is 2.27 bits per heavy atom. The average Bonchev–Trinajstić information content (AvgIpc) is 2.20. The van der Waals surface area contributed by atoms with Crippen LogP contribution in [0.1, 0.15) is 30.6 Å². The number of anilines is 2. The summed E-state index contributed by atoms with van der Waals surface area (Å²) in [5, 5.41) is 12.0. The molecule has 0 amide bonds. The minimum absolute atomic E-state index is 0.210. The second-order valence-corrected chi connectivity index (χ2v) is 3.56. The first-order chi connectivity index (χ1) is 7.04. The number of hydrogen-bond donors (Lipinski definition) is 3. The van der Waals surface area contributed by atoms with Crippen molar-refractivity contribution in [1.82, 2.24) is 0 Å². The largest absolute Gasteiger partial charge is 0.478 e. The maximum atomic E-state index is 10.7. The second kappa shape index (κ2) is 4.68. The van der Waals surface area contributed by atoms with Crippen LogP contribution in [0.3, 0.4) is 0 Å². The van der Waals surface area contributed by atoms with Gasteiger partial charge in [-0.3, -0.25) is 0 Å². The summed E-state index contributed by atoms with van der Waals surface area (Å²) in [6.07, 6.45) is 0.986. The molecule has 0 aliphatic carbocycles. The highest BCUT2D eigenvalue weighted by Crippen LogP contribution is 2.21. The van der Waals surface area contributed by atoms with Crippen molar-refractivity contribution < 1.29 is 9.90 Å². The molecule has 1 aromatic carbocycles. The van der Waals surface area contributed by atoms with Gasteiger partial charge in [-0.1, -0.05) is 6.92 Å². The fraction of sp³-hybridized carbons (Fsp3) is 0.364. The standard InChI is InChI=1S/C11H16N2O2/c1-3-7(2)13-10-5-4-8(11(14)15)6-9(10)12/h4-7,13H,3,12H2,1-2H3,(H,14,15)/t7-/m0/s1. The van der Waals surface area contributed by atoms with E-state index in [0.717, 1.165) is 12.1 Å². The molecule has 0 unspecified atom stereocenters. The average molecular weight is 208 g/mol. The smallest absolute Gasteiger partial charge is 0.335 e. The number of hydrogen-bond acceptors (Lipinski definition) is 3. The fourth-order valence-electron chi connectivity index (χ4n) is 1.19. The van der Waals surface area contributed by atoms with Gasteiger partial charge in [0.2, 0.25) is 0 Å². The van der Waals surface area contributed by atoms with Crippen molar-refractivity contribution in [2.75, 3.05) is 11.1 Å². The predicted octanol–water partition coefficient (Wildman–Crippen LogP) is 2.18. The Morgan fingerprint density at radius 3 is 2.73 bits per heavy atom. The number of benzene rings is 1. The molecule has 0 aliphatic heterocycles. The number of nitrogens with one attached hydrogen (secondary N) is 1. The van der Waals surface area contributed by atoms with E-state index in [1.54, 1.807) is 12.1 Å². The number of carbonyl (C=O) groups is 1. The summed E-state index contributed by atoms with van der Waals surface area (Å²) in [7, 11) is 0. The zero-order chi connectivity index (χ0) is 11.4. The Bertz CT molecular complexity index is 364. The van der Waals surface area contributed by atoms with Crippen molar-refractivity contribution in [2.24, 2.45) is 0 Å². The summed E-state index contributed by atoms with van der Waals surface area (Å²) in [5.74, 6) is -0.961. The molecule has 0 heterocycles. The van der Waals surface area contributed by atoms with Gasteiger partial charge in [0.1, 0.15) is 0 Å². The lowest BCUT2D eigenvalue weighted by molar-refractivity contribution is 0.0697. The maximum absolute atomic E-state index is 10.7. The summed E-state index contributed by atoms with van der Waals surface area (Å²) in [4.78, 5) is 10.7. The minimum Gasteiger partial charge on any atom is -0.478 e. The van der Waals surface area contributed by atoms with Crippen LogP contribution in [0.25, 0.3) is 0 Å². The number of nitrogens with two attached hydrogens (primary N) is 1. The van der Waals surface area contributed by atoms with Crippen LogP contribution in [0.4, 0.5) is 11.4 Å². The number of nitrogen functional groups attached to an aromatic ring is 1. The van der Waals surface area contributed by atoms with Crippen LogP contribution in [-0.2, 0) is 0 Å². The van der Waals surface area contributed by atoms with Gasteiger partial charge in [-0.2, -0.15) is 0 Å². The summed E-state index contributed by atoms with van der Waals surface area (Å²) >= 11 is 0. The van der Waals surface area contributed by atoms with E-state index in [4.69, 9.17) is 10.8 Å². The molecule has 4 nitrogen and oxygen atoms in total. The number of aromatic carboxylic acids is 1. The van der Waals surface area contributed by atoms with Gasteiger partial charge < -0.3 is 16.2 Å². The van der Waals surface area contributed by atoms with Gasteiger partial charge in [-0.15, -0.1) is 0 Å². The highest BCUT2D eigenvalue weighted by atomic mass is 16.4. The van der Waals surface area contributed by atoms with Gasteiger partial charge in [0, 0.05) is 6.04 Å². The van der Waals surface area contributed by atoms with Gasteiger partial charge in [0.05, 0.1) is 16.9 Å². The molecule has 0 aromatic heterocycles. The van der Waals surface area contributed by atoms with Crippen LogP contribution in [-0.4, -0.2) is 17.1 Å². The molecule has 1 aromatic rings. The fourth-order valence-corrected chi connectivity index (χ4v) is 1.19. The predicted molar refractivity (Wildman–Crippen MR) is 61.2 cm³/mol. The lowest BCUT2D eigenvalue weighted by Crippen LogP contribution is -2.14. The van der Waals surface area contributed by atoms with Gasteiger partial charge >= 0.3 is 5.97 Å². The van der Waals surface area contributed by atoms with Crippen LogP contribution < -0.4 is 11.1 Å². The first-order valence-corrected chi connectivity index (χ1v) is 4.94. The van der Waals surface area contributed by atoms with Crippen LogP contribution >= 0.6 is 0 Å². The Hall–Kier alpha value is -1.71. The summed E-state index contributed by atoms with van der Waals surface area (Å²) in [6.45, 7) is 4.12. The molecule has 1 rings (SSSR count). The minimum atomic E-state index is -0.961. The quantitative estimate of drug-likeness (QED) is 0.663. The molecular weight excluding hydrogens is 192 g/mol. The van der Waals surface area contributed by atoms with Gasteiger partial charge in [0.15, 0.2) is 0 Å². The monoisotopic (exact) mass is 208 g/mol. The zero-order valence-corrected chi connectivity index (χ0v) is 8.95. The Balaban J connectivity index is 2.88. The molecule has 0 fully saturated rings. The van der Waals surface area contributed by atoms with Crippen LogP contribution in [0.15, 0.2) is 18.2 Å². The van der Waals surface area contributed by atoms with E-state index in [2.05, 4.69) is 12.2 Å². The summed E-state index contributed by atoms with van der Waals surface area (Å²) < 4.78 is 0. The third kappa shape index (κ3) is 2.87. The number of carboxylic acid groups (broad SMARTS) is 1. The molecule has 0 spiro atoms. The summed E-state index contributed by atoms with van der Waals surface area (Å²) in [5.41, 5.74) is 7.20. The molecular formula is C11H16N2O2. The molecule has 15 heavy (non-hydrogen) atoms. The first-order valence-electron chi connectivity index (χ1n) is 4.94. The van der Waals surface area contributed by atoms with E-state index in [9.17, 15) is 4.79 Å². The molecule has 4 heteroatoms. The van der Waals surface area contributed by atoms with E-state index in [0.29, 0.717) is 11.7 Å². The molecule has 4 N–H and O–H groups in total. The van der Waals surface area contributed by atoms with E-state index in [1.807, 2.05) is 6.92 Å². The van der Waals surface area contributed by atoms with Crippen molar-refractivity contribution >= 4 is 17.3 Å². The van der Waals surface area contributed by atoms with Crippen molar-refractivity contribution in [3.05, 3.63) is 23.8 Å². The van der Waals surface area contributed by atoms with Crippen molar-refractivity contribution in [2.45, 2.75) is 26.3 Å². The number of rotatable bonds is 4. The van der Waals surface area contributed by atoms with Crippen LogP contribution in [0.5, 0.6) is 0 Å². The zero-order valence-electron chi connectivity index (χ0n) is 8.95. The Morgan fingerprint density at radius 1 is 1.60 bits per heavy atom. The van der Waals surface area contributed by atoms with Crippen LogP contribution in [0.2, 0.25) is 0 Å². The van der Waals surface area contributed by atoms with Crippen LogP contribution in [0, 0.1) is 0 Å². The SMILES string of the molecule is CC[C@H](C)Nc1ccc(C(=O)O)cc1N. The third-order valence-corrected chi connectivity index (χ3v) is 2.31. The molecule has 82 valence electrons. The van der Waals surface area contributed by atoms with E-state index in [1.165, 1.54) is 6.07 Å². The highest BCUT2D eigenvalue weighted by molar-refractivity contribution is 5.90. The topological polar surface area (TPSA) is 75.3 Å². The lowest BCUT2D eigenvalue weighted by atomic mass is 10.1. The molecule has 0 saturated carbocycles. The second-order valence-electron chi connectivity index (χ2n) is 3.56.